The molecule has 1 fully saturated rings. The van der Waals surface area contributed by atoms with Crippen LogP contribution in [-0.2, 0) is 9.59 Å². The molecule has 7 heteroatoms. The molecule has 26 heavy (non-hydrogen) atoms. The van der Waals surface area contributed by atoms with Gasteiger partial charge in [-0.1, -0.05) is 17.8 Å². The van der Waals surface area contributed by atoms with Crippen LogP contribution in [0.3, 0.4) is 0 Å². The van der Waals surface area contributed by atoms with E-state index in [1.807, 2.05) is 15.7 Å². The molecule has 0 saturated carbocycles. The van der Waals surface area contributed by atoms with E-state index in [0.717, 1.165) is 10.8 Å². The van der Waals surface area contributed by atoms with Gasteiger partial charge < -0.3 is 10.6 Å². The summed E-state index contributed by atoms with van der Waals surface area (Å²) in [5.41, 5.74) is 8.79. The summed E-state index contributed by atoms with van der Waals surface area (Å²) in [4.78, 5) is 29.9. The zero-order valence-electron chi connectivity index (χ0n) is 15.1. The molecule has 0 radical (unpaired) electrons. The molecule has 138 valence electrons. The van der Waals surface area contributed by atoms with Crippen LogP contribution in [0.15, 0.2) is 35.7 Å². The number of rotatable bonds is 5. The maximum absolute atomic E-state index is 12.5. The average molecular weight is 372 g/mol. The van der Waals surface area contributed by atoms with Crippen molar-refractivity contribution in [1.29, 1.82) is 0 Å². The zero-order chi connectivity index (χ0) is 18.7. The molecule has 0 atom stereocenters. The van der Waals surface area contributed by atoms with Crippen molar-refractivity contribution in [1.82, 2.24) is 14.5 Å². The number of thioether (sulfide) groups is 1. The Morgan fingerprint density at radius 2 is 1.85 bits per heavy atom. The van der Waals surface area contributed by atoms with E-state index in [9.17, 15) is 9.59 Å². The first-order chi connectivity index (χ1) is 12.4. The predicted molar refractivity (Wildman–Crippen MR) is 102 cm³/mol. The Labute approximate surface area is 157 Å². The summed E-state index contributed by atoms with van der Waals surface area (Å²) in [6.07, 6.45) is 4.98. The standard InChI is InChI=1S/C19H24N4O2S/c1-13-9-14(2)11-16(10-13)23-8-5-21-19(23)26-12-17(24)22-6-3-15(4-7-22)18(20)25/h5,8-11,15H,3-4,6-7,12H2,1-2H3,(H2,20,25). The molecular formula is C19H24N4O2S. The molecule has 1 saturated heterocycles. The minimum atomic E-state index is -0.262. The van der Waals surface area contributed by atoms with Gasteiger partial charge in [0.15, 0.2) is 5.16 Å². The van der Waals surface area contributed by atoms with Gasteiger partial charge in [-0.2, -0.15) is 0 Å². The maximum Gasteiger partial charge on any atom is 0.233 e. The van der Waals surface area contributed by atoms with E-state index in [4.69, 9.17) is 5.73 Å². The molecule has 0 spiro atoms. The largest absolute Gasteiger partial charge is 0.369 e. The first kappa shape index (κ1) is 18.5. The molecule has 3 rings (SSSR count). The van der Waals surface area contributed by atoms with Crippen molar-refractivity contribution in [3.63, 3.8) is 0 Å². The van der Waals surface area contributed by atoms with Crippen LogP contribution < -0.4 is 5.73 Å². The summed E-state index contributed by atoms with van der Waals surface area (Å²) in [6, 6.07) is 6.34. The normalized spacial score (nSPS) is 15.2. The zero-order valence-corrected chi connectivity index (χ0v) is 16.0. The van der Waals surface area contributed by atoms with Crippen LogP contribution in [0.2, 0.25) is 0 Å². The van der Waals surface area contributed by atoms with Crippen LogP contribution in [0.1, 0.15) is 24.0 Å². The summed E-state index contributed by atoms with van der Waals surface area (Å²) in [5.74, 6) is 0.0493. The van der Waals surface area contributed by atoms with Gasteiger partial charge in [-0.15, -0.1) is 0 Å². The van der Waals surface area contributed by atoms with Gasteiger partial charge in [0.25, 0.3) is 0 Å². The number of likely N-dealkylation sites (tertiary alicyclic amines) is 1. The van der Waals surface area contributed by atoms with Crippen LogP contribution in [0.4, 0.5) is 0 Å². The molecule has 2 heterocycles. The molecule has 2 aromatic rings. The molecule has 1 aromatic carbocycles. The fourth-order valence-electron chi connectivity index (χ4n) is 3.31. The number of amides is 2. The Hall–Kier alpha value is -2.28. The number of aryl methyl sites for hydroxylation is 2. The highest BCUT2D eigenvalue weighted by molar-refractivity contribution is 7.99. The number of carbonyl (C=O) groups is 2. The van der Waals surface area contributed by atoms with E-state index in [-0.39, 0.29) is 17.7 Å². The van der Waals surface area contributed by atoms with Gasteiger partial charge in [-0.3, -0.25) is 14.2 Å². The van der Waals surface area contributed by atoms with Crippen molar-refractivity contribution in [3.8, 4) is 5.69 Å². The third kappa shape index (κ3) is 4.27. The van der Waals surface area contributed by atoms with Crippen molar-refractivity contribution in [2.24, 2.45) is 11.7 Å². The monoisotopic (exact) mass is 372 g/mol. The first-order valence-corrected chi connectivity index (χ1v) is 9.74. The van der Waals surface area contributed by atoms with Crippen molar-refractivity contribution < 1.29 is 9.59 Å². The number of nitrogens with two attached hydrogens (primary N) is 1. The Morgan fingerprint density at radius 3 is 2.46 bits per heavy atom. The van der Waals surface area contributed by atoms with Crippen LogP contribution in [-0.4, -0.2) is 45.1 Å². The van der Waals surface area contributed by atoms with E-state index in [0.29, 0.717) is 31.7 Å². The summed E-state index contributed by atoms with van der Waals surface area (Å²) >= 11 is 1.44. The van der Waals surface area contributed by atoms with Gasteiger partial charge in [0.2, 0.25) is 11.8 Å². The number of hydrogen-bond donors (Lipinski definition) is 1. The Kier molecular flexibility index (Phi) is 5.66. The van der Waals surface area contributed by atoms with Gasteiger partial charge in [0.1, 0.15) is 0 Å². The Bertz CT molecular complexity index is 789. The van der Waals surface area contributed by atoms with Crippen molar-refractivity contribution in [2.75, 3.05) is 18.8 Å². The van der Waals surface area contributed by atoms with E-state index < -0.39 is 0 Å². The number of imidazole rings is 1. The van der Waals surface area contributed by atoms with Crippen LogP contribution in [0.5, 0.6) is 0 Å². The number of piperidine rings is 1. The molecule has 0 bridgehead atoms. The lowest BCUT2D eigenvalue weighted by atomic mass is 9.96. The van der Waals surface area contributed by atoms with Crippen LogP contribution in [0, 0.1) is 19.8 Å². The van der Waals surface area contributed by atoms with Gasteiger partial charge in [-0.05, 0) is 49.9 Å². The minimum absolute atomic E-state index is 0.0768. The molecule has 0 aliphatic carbocycles. The third-order valence-electron chi connectivity index (χ3n) is 4.67. The molecule has 2 N–H and O–H groups in total. The lowest BCUT2D eigenvalue weighted by Gasteiger charge is -2.30. The predicted octanol–water partition coefficient (Wildman–Crippen LogP) is 2.31. The lowest BCUT2D eigenvalue weighted by molar-refractivity contribution is -0.132. The molecule has 6 nitrogen and oxygen atoms in total. The van der Waals surface area contributed by atoms with E-state index in [2.05, 4.69) is 37.0 Å². The van der Waals surface area contributed by atoms with E-state index in [1.54, 1.807) is 6.20 Å². The first-order valence-electron chi connectivity index (χ1n) is 8.76. The highest BCUT2D eigenvalue weighted by Crippen LogP contribution is 2.23. The third-order valence-corrected chi connectivity index (χ3v) is 5.62. The highest BCUT2D eigenvalue weighted by Gasteiger charge is 2.26. The molecule has 2 amide bonds. The van der Waals surface area contributed by atoms with Gasteiger partial charge >= 0.3 is 0 Å². The summed E-state index contributed by atoms with van der Waals surface area (Å²) in [5, 5.41) is 0.801. The number of hydrogen-bond acceptors (Lipinski definition) is 4. The molecule has 1 aliphatic heterocycles. The van der Waals surface area contributed by atoms with Gasteiger partial charge in [0, 0.05) is 37.1 Å². The van der Waals surface area contributed by atoms with E-state index >= 15 is 0 Å². The van der Waals surface area contributed by atoms with E-state index in [1.165, 1.54) is 22.9 Å². The Balaban J connectivity index is 1.62. The maximum atomic E-state index is 12.5. The van der Waals surface area contributed by atoms with Gasteiger partial charge in [-0.25, -0.2) is 4.98 Å². The second-order valence-corrected chi connectivity index (χ2v) is 7.71. The quantitative estimate of drug-likeness (QED) is 0.817. The van der Waals surface area contributed by atoms with Crippen LogP contribution >= 0.6 is 11.8 Å². The summed E-state index contributed by atoms with van der Waals surface area (Å²) in [6.45, 7) is 5.33. The molecule has 0 unspecified atom stereocenters. The molecular weight excluding hydrogens is 348 g/mol. The lowest BCUT2D eigenvalue weighted by Crippen LogP contribution is -2.42. The molecule has 1 aromatic heterocycles. The molecule has 1 aliphatic rings. The Morgan fingerprint density at radius 1 is 1.19 bits per heavy atom. The fraction of sp³-hybridized carbons (Fsp3) is 0.421. The average Bonchev–Trinajstić information content (AvgIpc) is 3.07. The smallest absolute Gasteiger partial charge is 0.233 e. The van der Waals surface area contributed by atoms with Gasteiger partial charge in [0.05, 0.1) is 5.75 Å². The number of nitrogens with zero attached hydrogens (tertiary/aromatic N) is 3. The SMILES string of the molecule is Cc1cc(C)cc(-n2ccnc2SCC(=O)N2CCC(C(N)=O)CC2)c1. The second kappa shape index (κ2) is 7.95. The second-order valence-electron chi connectivity index (χ2n) is 6.77. The topological polar surface area (TPSA) is 81.2 Å². The minimum Gasteiger partial charge on any atom is -0.369 e. The van der Waals surface area contributed by atoms with Crippen molar-refractivity contribution in [3.05, 3.63) is 41.7 Å². The summed E-state index contributed by atoms with van der Waals surface area (Å²) < 4.78 is 2.01. The van der Waals surface area contributed by atoms with Crippen LogP contribution in [0.25, 0.3) is 5.69 Å². The number of carbonyl (C=O) groups excluding carboxylic acids is 2. The fourth-order valence-corrected chi connectivity index (χ4v) is 4.19. The number of primary amides is 1. The summed E-state index contributed by atoms with van der Waals surface area (Å²) in [7, 11) is 0. The highest BCUT2D eigenvalue weighted by atomic mass is 32.2. The van der Waals surface area contributed by atoms with Crippen molar-refractivity contribution >= 4 is 23.6 Å². The van der Waals surface area contributed by atoms with Crippen molar-refractivity contribution in [2.45, 2.75) is 31.8 Å². The number of aromatic nitrogens is 2. The number of benzene rings is 1.